The number of ether oxygens (including phenoxy) is 1. The fourth-order valence-corrected chi connectivity index (χ4v) is 3.54. The molecule has 1 aromatic heterocycles. The van der Waals surface area contributed by atoms with E-state index in [0.717, 1.165) is 35.4 Å². The van der Waals surface area contributed by atoms with E-state index in [1.807, 2.05) is 18.2 Å². The summed E-state index contributed by atoms with van der Waals surface area (Å²) in [6.45, 7) is 6.39. The van der Waals surface area contributed by atoms with Crippen molar-refractivity contribution in [3.05, 3.63) is 35.7 Å². The van der Waals surface area contributed by atoms with Gasteiger partial charge in [0.25, 0.3) is 0 Å². The first-order valence-corrected chi connectivity index (χ1v) is 8.39. The Kier molecular flexibility index (Phi) is 4.59. The Bertz CT molecular complexity index is 630. The van der Waals surface area contributed by atoms with E-state index < -0.39 is 0 Å². The Morgan fingerprint density at radius 3 is 3.00 bits per heavy atom. The molecule has 1 aliphatic rings. The zero-order chi connectivity index (χ0) is 15.5. The van der Waals surface area contributed by atoms with Gasteiger partial charge in [-0.05, 0) is 19.9 Å². The third kappa shape index (κ3) is 3.23. The highest BCUT2D eigenvalue weighted by atomic mass is 32.1. The molecule has 1 fully saturated rings. The number of benzene rings is 1. The molecule has 1 saturated heterocycles. The molecule has 2 aromatic rings. The zero-order valence-corrected chi connectivity index (χ0v) is 14.1. The quantitative estimate of drug-likeness (QED) is 0.937. The minimum absolute atomic E-state index is 0.447. The van der Waals surface area contributed by atoms with Crippen LogP contribution in [0.3, 0.4) is 0 Å². The number of piperazine rings is 1. The van der Waals surface area contributed by atoms with Crippen LogP contribution in [0, 0.1) is 0 Å². The van der Waals surface area contributed by atoms with E-state index in [4.69, 9.17) is 9.72 Å². The van der Waals surface area contributed by atoms with Gasteiger partial charge in [0.2, 0.25) is 5.13 Å². The van der Waals surface area contributed by atoms with Crippen LogP contribution in [0.25, 0.3) is 0 Å². The summed E-state index contributed by atoms with van der Waals surface area (Å²) in [7, 11) is 1.70. The molecule has 5 nitrogen and oxygen atoms in total. The van der Waals surface area contributed by atoms with Crippen molar-refractivity contribution in [2.45, 2.75) is 32.4 Å². The standard InChI is InChI=1S/C16H22N4OS/c1-11-10-20(12(2)9-17-11)16-18-15(19-22-16)8-13-6-4-5-7-14(13)21-3/h4-7,11-12,17H,8-10H2,1-3H3. The number of aromatic nitrogens is 2. The van der Waals surface area contributed by atoms with Crippen molar-refractivity contribution < 1.29 is 4.74 Å². The molecular weight excluding hydrogens is 296 g/mol. The van der Waals surface area contributed by atoms with Gasteiger partial charge in [-0.25, -0.2) is 4.98 Å². The summed E-state index contributed by atoms with van der Waals surface area (Å²) in [6.07, 6.45) is 0.705. The number of nitrogens with one attached hydrogen (secondary N) is 1. The van der Waals surface area contributed by atoms with Gasteiger partial charge in [-0.1, -0.05) is 18.2 Å². The van der Waals surface area contributed by atoms with E-state index in [1.165, 1.54) is 11.5 Å². The largest absolute Gasteiger partial charge is 0.496 e. The molecule has 1 N–H and O–H groups in total. The van der Waals surface area contributed by atoms with E-state index in [9.17, 15) is 0 Å². The van der Waals surface area contributed by atoms with Gasteiger partial charge in [-0.2, -0.15) is 4.37 Å². The Hall–Kier alpha value is -1.66. The first kappa shape index (κ1) is 15.2. The Balaban J connectivity index is 1.76. The molecule has 0 bridgehead atoms. The highest BCUT2D eigenvalue weighted by molar-refractivity contribution is 7.09. The smallest absolute Gasteiger partial charge is 0.205 e. The van der Waals surface area contributed by atoms with Crippen LogP contribution in [0.2, 0.25) is 0 Å². The summed E-state index contributed by atoms with van der Waals surface area (Å²) in [4.78, 5) is 7.09. The monoisotopic (exact) mass is 318 g/mol. The first-order chi connectivity index (χ1) is 10.7. The van der Waals surface area contributed by atoms with E-state index in [-0.39, 0.29) is 0 Å². The van der Waals surface area contributed by atoms with Crippen LogP contribution >= 0.6 is 11.5 Å². The molecule has 1 aliphatic heterocycles. The van der Waals surface area contributed by atoms with Crippen molar-refractivity contribution in [3.8, 4) is 5.75 Å². The van der Waals surface area contributed by atoms with Gasteiger partial charge in [0.1, 0.15) is 11.6 Å². The number of hydrogen-bond donors (Lipinski definition) is 1. The number of para-hydroxylation sites is 1. The van der Waals surface area contributed by atoms with E-state index in [0.29, 0.717) is 18.5 Å². The lowest BCUT2D eigenvalue weighted by molar-refractivity contribution is 0.410. The summed E-state index contributed by atoms with van der Waals surface area (Å²) in [5.41, 5.74) is 1.12. The molecule has 22 heavy (non-hydrogen) atoms. The molecule has 0 radical (unpaired) electrons. The average molecular weight is 318 g/mol. The predicted octanol–water partition coefficient (Wildman–Crippen LogP) is 2.32. The molecule has 0 spiro atoms. The van der Waals surface area contributed by atoms with Crippen molar-refractivity contribution in [2.75, 3.05) is 25.1 Å². The lowest BCUT2D eigenvalue weighted by Crippen LogP contribution is -2.54. The molecular formula is C16H22N4OS. The maximum absolute atomic E-state index is 5.40. The summed E-state index contributed by atoms with van der Waals surface area (Å²) >= 11 is 1.49. The van der Waals surface area contributed by atoms with Gasteiger partial charge < -0.3 is 15.0 Å². The first-order valence-electron chi connectivity index (χ1n) is 7.62. The van der Waals surface area contributed by atoms with Crippen LogP contribution in [0.15, 0.2) is 24.3 Å². The van der Waals surface area contributed by atoms with Gasteiger partial charge in [-0.15, -0.1) is 0 Å². The maximum atomic E-state index is 5.40. The SMILES string of the molecule is COc1ccccc1Cc1nsc(N2CC(C)NCC2C)n1. The van der Waals surface area contributed by atoms with Crippen LogP contribution in [-0.2, 0) is 6.42 Å². The fraction of sp³-hybridized carbons (Fsp3) is 0.500. The molecule has 1 aromatic carbocycles. The number of rotatable bonds is 4. The van der Waals surface area contributed by atoms with Crippen molar-refractivity contribution in [1.29, 1.82) is 0 Å². The lowest BCUT2D eigenvalue weighted by atomic mass is 10.1. The lowest BCUT2D eigenvalue weighted by Gasteiger charge is -2.37. The van der Waals surface area contributed by atoms with Crippen LogP contribution in [0.1, 0.15) is 25.2 Å². The average Bonchev–Trinajstić information content (AvgIpc) is 2.98. The van der Waals surface area contributed by atoms with Crippen LogP contribution < -0.4 is 15.0 Å². The topological polar surface area (TPSA) is 50.3 Å². The molecule has 2 unspecified atom stereocenters. The molecule has 2 heterocycles. The molecule has 118 valence electrons. The van der Waals surface area contributed by atoms with Crippen LogP contribution in [-0.4, -0.2) is 41.6 Å². The Morgan fingerprint density at radius 2 is 2.18 bits per heavy atom. The van der Waals surface area contributed by atoms with Crippen molar-refractivity contribution in [3.63, 3.8) is 0 Å². The van der Waals surface area contributed by atoms with Crippen molar-refractivity contribution >= 4 is 16.7 Å². The third-order valence-corrected chi connectivity index (χ3v) is 4.80. The zero-order valence-electron chi connectivity index (χ0n) is 13.2. The van der Waals surface area contributed by atoms with Crippen LogP contribution in [0.5, 0.6) is 5.75 Å². The summed E-state index contributed by atoms with van der Waals surface area (Å²) in [6, 6.07) is 8.97. The predicted molar refractivity (Wildman–Crippen MR) is 90.0 cm³/mol. The van der Waals surface area contributed by atoms with Gasteiger partial charge in [-0.3, -0.25) is 0 Å². The maximum Gasteiger partial charge on any atom is 0.205 e. The fourth-order valence-electron chi connectivity index (χ4n) is 2.74. The second-order valence-electron chi connectivity index (χ2n) is 5.79. The Morgan fingerprint density at radius 1 is 1.36 bits per heavy atom. The highest BCUT2D eigenvalue weighted by Crippen LogP contribution is 2.25. The van der Waals surface area contributed by atoms with Gasteiger partial charge in [0.15, 0.2) is 0 Å². The summed E-state index contributed by atoms with van der Waals surface area (Å²) < 4.78 is 9.94. The minimum atomic E-state index is 0.447. The number of hydrogen-bond acceptors (Lipinski definition) is 6. The van der Waals surface area contributed by atoms with E-state index in [2.05, 4.69) is 34.5 Å². The highest BCUT2D eigenvalue weighted by Gasteiger charge is 2.25. The normalized spacial score (nSPS) is 21.9. The second-order valence-corrected chi connectivity index (χ2v) is 6.52. The van der Waals surface area contributed by atoms with Crippen LogP contribution in [0.4, 0.5) is 5.13 Å². The molecule has 3 rings (SSSR count). The summed E-state index contributed by atoms with van der Waals surface area (Å²) in [5.74, 6) is 1.76. The number of methoxy groups -OCH3 is 1. The van der Waals surface area contributed by atoms with Gasteiger partial charge in [0.05, 0.1) is 7.11 Å². The van der Waals surface area contributed by atoms with Crippen molar-refractivity contribution in [2.24, 2.45) is 0 Å². The molecule has 0 aliphatic carbocycles. The molecule has 0 saturated carbocycles. The third-order valence-electron chi connectivity index (χ3n) is 4.01. The van der Waals surface area contributed by atoms with E-state index >= 15 is 0 Å². The number of nitrogens with zero attached hydrogens (tertiary/aromatic N) is 3. The van der Waals surface area contributed by atoms with E-state index in [1.54, 1.807) is 7.11 Å². The molecule has 6 heteroatoms. The number of anilines is 1. The second kappa shape index (κ2) is 6.62. The van der Waals surface area contributed by atoms with Gasteiger partial charge in [0, 0.05) is 48.7 Å². The minimum Gasteiger partial charge on any atom is -0.496 e. The summed E-state index contributed by atoms with van der Waals surface area (Å²) in [5, 5.41) is 4.51. The molecule has 2 atom stereocenters. The van der Waals surface area contributed by atoms with Gasteiger partial charge >= 0.3 is 0 Å². The Labute approximate surface area is 135 Å². The van der Waals surface area contributed by atoms with Crippen molar-refractivity contribution in [1.82, 2.24) is 14.7 Å². The molecule has 0 amide bonds.